The Hall–Kier alpha value is -0.510. The molecule has 0 aliphatic heterocycles. The Bertz CT molecular complexity index is 529. The molecule has 0 aliphatic rings. The largest absolute Gasteiger partial charge is 0.380 e. The molecule has 1 N–H and O–H groups in total. The van der Waals surface area contributed by atoms with Crippen LogP contribution in [0.15, 0.2) is 51.4 Å². The normalized spacial score (nSPS) is 10.3. The lowest BCUT2D eigenvalue weighted by Gasteiger charge is -2.10. The first-order chi connectivity index (χ1) is 8.18. The average Bonchev–Trinajstić information content (AvgIpc) is 2.33. The molecule has 0 heterocycles. The fourth-order valence-electron chi connectivity index (χ4n) is 1.47. The summed E-state index contributed by atoms with van der Waals surface area (Å²) in [7, 11) is 0. The highest BCUT2D eigenvalue weighted by molar-refractivity contribution is 9.11. The van der Waals surface area contributed by atoms with Crippen LogP contribution in [0, 0.1) is 0 Å². The van der Waals surface area contributed by atoms with Gasteiger partial charge in [-0.05, 0) is 39.7 Å². The van der Waals surface area contributed by atoms with Gasteiger partial charge in [-0.25, -0.2) is 0 Å². The van der Waals surface area contributed by atoms with Crippen LogP contribution in [0.3, 0.4) is 0 Å². The summed E-state index contributed by atoms with van der Waals surface area (Å²) in [5.74, 6) is 0. The number of hydrogen-bond acceptors (Lipinski definition) is 1. The standard InChI is InChI=1S/C13H10Br2ClN/c14-10-5-2-1-4-9(10)8-17-12-7-3-6-11(16)13(12)15/h1-7,17H,8H2. The molecular weight excluding hydrogens is 365 g/mol. The lowest BCUT2D eigenvalue weighted by molar-refractivity contribution is 1.13. The zero-order valence-corrected chi connectivity index (χ0v) is 12.8. The van der Waals surface area contributed by atoms with E-state index in [-0.39, 0.29) is 0 Å². The summed E-state index contributed by atoms with van der Waals surface area (Å²) < 4.78 is 2.00. The summed E-state index contributed by atoms with van der Waals surface area (Å²) in [4.78, 5) is 0. The first-order valence-electron chi connectivity index (χ1n) is 5.10. The van der Waals surface area contributed by atoms with Gasteiger partial charge in [0.25, 0.3) is 0 Å². The Balaban J connectivity index is 2.13. The van der Waals surface area contributed by atoms with Gasteiger partial charge in [0.05, 0.1) is 15.2 Å². The molecule has 0 amide bonds. The predicted octanol–water partition coefficient (Wildman–Crippen LogP) is 5.48. The summed E-state index contributed by atoms with van der Waals surface area (Å²) in [5, 5.41) is 4.06. The lowest BCUT2D eigenvalue weighted by atomic mass is 10.2. The monoisotopic (exact) mass is 373 g/mol. The summed E-state index contributed by atoms with van der Waals surface area (Å²) >= 11 is 13.0. The molecule has 0 unspecified atom stereocenters. The summed E-state index contributed by atoms with van der Waals surface area (Å²) in [5.41, 5.74) is 2.20. The van der Waals surface area contributed by atoms with E-state index in [0.29, 0.717) is 5.02 Å². The van der Waals surface area contributed by atoms with E-state index in [0.717, 1.165) is 21.2 Å². The maximum atomic E-state index is 6.03. The molecule has 0 saturated carbocycles. The number of hydrogen-bond donors (Lipinski definition) is 1. The average molecular weight is 375 g/mol. The first-order valence-corrected chi connectivity index (χ1v) is 7.06. The van der Waals surface area contributed by atoms with Crippen molar-refractivity contribution in [3.63, 3.8) is 0 Å². The Morgan fingerprint density at radius 3 is 2.53 bits per heavy atom. The van der Waals surface area contributed by atoms with Gasteiger partial charge in [-0.3, -0.25) is 0 Å². The Kier molecular flexibility index (Phi) is 4.48. The highest BCUT2D eigenvalue weighted by Crippen LogP contribution is 2.30. The van der Waals surface area contributed by atoms with Crippen molar-refractivity contribution < 1.29 is 0 Å². The van der Waals surface area contributed by atoms with Gasteiger partial charge in [-0.1, -0.05) is 51.8 Å². The number of nitrogens with one attached hydrogen (secondary N) is 1. The molecule has 2 aromatic carbocycles. The fourth-order valence-corrected chi connectivity index (χ4v) is 2.48. The molecule has 0 aliphatic carbocycles. The van der Waals surface area contributed by atoms with E-state index in [1.165, 1.54) is 5.56 Å². The van der Waals surface area contributed by atoms with E-state index in [1.807, 2.05) is 36.4 Å². The molecule has 2 rings (SSSR count). The van der Waals surface area contributed by atoms with Crippen LogP contribution in [0.4, 0.5) is 5.69 Å². The highest BCUT2D eigenvalue weighted by Gasteiger charge is 2.04. The third-order valence-corrected chi connectivity index (χ3v) is 4.55. The van der Waals surface area contributed by atoms with Crippen molar-refractivity contribution in [2.24, 2.45) is 0 Å². The number of benzene rings is 2. The van der Waals surface area contributed by atoms with Crippen molar-refractivity contribution in [1.82, 2.24) is 0 Å². The van der Waals surface area contributed by atoms with E-state index >= 15 is 0 Å². The second-order valence-corrected chi connectivity index (χ2v) is 5.60. The third kappa shape index (κ3) is 3.24. The van der Waals surface area contributed by atoms with Crippen LogP contribution < -0.4 is 5.32 Å². The number of rotatable bonds is 3. The van der Waals surface area contributed by atoms with Gasteiger partial charge in [-0.15, -0.1) is 0 Å². The van der Waals surface area contributed by atoms with Crippen molar-refractivity contribution in [3.8, 4) is 0 Å². The molecule has 88 valence electrons. The van der Waals surface area contributed by atoms with E-state index < -0.39 is 0 Å². The molecule has 1 nitrogen and oxygen atoms in total. The first kappa shape index (κ1) is 12.9. The molecule has 0 atom stereocenters. The van der Waals surface area contributed by atoms with Gasteiger partial charge in [0, 0.05) is 11.0 Å². The van der Waals surface area contributed by atoms with Crippen LogP contribution in [0.2, 0.25) is 5.02 Å². The van der Waals surface area contributed by atoms with Crippen molar-refractivity contribution in [3.05, 3.63) is 62.0 Å². The summed E-state index contributed by atoms with van der Waals surface area (Å²) in [6, 6.07) is 13.9. The van der Waals surface area contributed by atoms with Gasteiger partial charge in [0.2, 0.25) is 0 Å². The second kappa shape index (κ2) is 5.89. The minimum Gasteiger partial charge on any atom is -0.380 e. The van der Waals surface area contributed by atoms with Crippen molar-refractivity contribution in [2.75, 3.05) is 5.32 Å². The van der Waals surface area contributed by atoms with Crippen LogP contribution in [0.5, 0.6) is 0 Å². The topological polar surface area (TPSA) is 12.0 Å². The molecule has 0 fully saturated rings. The third-order valence-electron chi connectivity index (χ3n) is 2.38. The smallest absolute Gasteiger partial charge is 0.0593 e. The summed E-state index contributed by atoms with van der Waals surface area (Å²) in [6.07, 6.45) is 0. The van der Waals surface area contributed by atoms with Crippen LogP contribution in [-0.4, -0.2) is 0 Å². The van der Waals surface area contributed by atoms with Crippen LogP contribution in [0.1, 0.15) is 5.56 Å². The molecule has 17 heavy (non-hydrogen) atoms. The Labute approximate surface area is 122 Å². The van der Waals surface area contributed by atoms with Gasteiger partial charge >= 0.3 is 0 Å². The molecule has 0 aromatic heterocycles. The molecule has 2 aromatic rings. The van der Waals surface area contributed by atoms with E-state index in [2.05, 4.69) is 43.2 Å². The van der Waals surface area contributed by atoms with Crippen LogP contribution >= 0.6 is 43.5 Å². The van der Waals surface area contributed by atoms with Gasteiger partial charge < -0.3 is 5.32 Å². The van der Waals surface area contributed by atoms with Gasteiger partial charge in [-0.2, -0.15) is 0 Å². The summed E-state index contributed by atoms with van der Waals surface area (Å²) in [6.45, 7) is 0.750. The SMILES string of the molecule is Clc1cccc(NCc2ccccc2Br)c1Br. The molecule has 4 heteroatoms. The predicted molar refractivity (Wildman–Crippen MR) is 80.6 cm³/mol. The molecule has 0 saturated heterocycles. The quantitative estimate of drug-likeness (QED) is 0.749. The van der Waals surface area contributed by atoms with E-state index in [9.17, 15) is 0 Å². The van der Waals surface area contributed by atoms with Gasteiger partial charge in [0.15, 0.2) is 0 Å². The molecule has 0 spiro atoms. The highest BCUT2D eigenvalue weighted by atomic mass is 79.9. The minimum absolute atomic E-state index is 0.710. The fraction of sp³-hybridized carbons (Fsp3) is 0.0769. The van der Waals surface area contributed by atoms with Crippen LogP contribution in [-0.2, 0) is 6.54 Å². The minimum atomic E-state index is 0.710. The Morgan fingerprint density at radius 2 is 1.76 bits per heavy atom. The maximum absolute atomic E-state index is 6.03. The molecule has 0 radical (unpaired) electrons. The van der Waals surface area contributed by atoms with E-state index in [1.54, 1.807) is 0 Å². The van der Waals surface area contributed by atoms with Gasteiger partial charge in [0.1, 0.15) is 0 Å². The molecular formula is C13H10Br2ClN. The van der Waals surface area contributed by atoms with Crippen LogP contribution in [0.25, 0.3) is 0 Å². The van der Waals surface area contributed by atoms with E-state index in [4.69, 9.17) is 11.6 Å². The molecule has 0 bridgehead atoms. The number of halogens is 3. The Morgan fingerprint density at radius 1 is 1.00 bits per heavy atom. The maximum Gasteiger partial charge on any atom is 0.0593 e. The van der Waals surface area contributed by atoms with Crippen molar-refractivity contribution in [1.29, 1.82) is 0 Å². The number of anilines is 1. The zero-order chi connectivity index (χ0) is 12.3. The second-order valence-electron chi connectivity index (χ2n) is 3.55. The lowest BCUT2D eigenvalue weighted by Crippen LogP contribution is -2.00. The van der Waals surface area contributed by atoms with Crippen molar-refractivity contribution in [2.45, 2.75) is 6.54 Å². The zero-order valence-electron chi connectivity index (χ0n) is 8.88. The van der Waals surface area contributed by atoms with Crippen molar-refractivity contribution >= 4 is 49.1 Å².